The number of piperidine rings is 1. The van der Waals surface area contributed by atoms with Gasteiger partial charge in [-0.3, -0.25) is 9.59 Å². The minimum Gasteiger partial charge on any atom is -0.369 e. The number of carbonyl (C=O) groups is 2. The molecule has 4 nitrogen and oxygen atoms in total. The summed E-state index contributed by atoms with van der Waals surface area (Å²) in [7, 11) is 0. The average molecular weight is 322 g/mol. The fourth-order valence-electron chi connectivity index (χ4n) is 4.00. The predicted octanol–water partition coefficient (Wildman–Crippen LogP) is 2.67. The standard InChI is InChI=1S/C20H22N2O2/c21-19(23)14-8-10-22(11-9-14)20(24)18-12-17(18)16-7-3-5-13-4-1-2-6-15(13)16/h1-7,14,17-18H,8-12H2,(H2,21,23). The Morgan fingerprint density at radius 2 is 1.71 bits per heavy atom. The summed E-state index contributed by atoms with van der Waals surface area (Å²) in [5.41, 5.74) is 6.66. The summed E-state index contributed by atoms with van der Waals surface area (Å²) in [6.45, 7) is 1.32. The quantitative estimate of drug-likeness (QED) is 0.944. The van der Waals surface area contributed by atoms with Crippen LogP contribution in [0.3, 0.4) is 0 Å². The van der Waals surface area contributed by atoms with Crippen LogP contribution in [-0.2, 0) is 9.59 Å². The number of amides is 2. The molecule has 4 rings (SSSR count). The molecule has 2 amide bonds. The third kappa shape index (κ3) is 2.66. The number of primary amides is 1. The van der Waals surface area contributed by atoms with Crippen LogP contribution < -0.4 is 5.73 Å². The maximum atomic E-state index is 12.8. The highest BCUT2D eigenvalue weighted by atomic mass is 16.2. The highest BCUT2D eigenvalue weighted by Gasteiger charge is 2.46. The molecule has 0 radical (unpaired) electrons. The van der Waals surface area contributed by atoms with Crippen LogP contribution in [0.1, 0.15) is 30.7 Å². The Kier molecular flexibility index (Phi) is 3.75. The van der Waals surface area contributed by atoms with E-state index in [1.807, 2.05) is 11.0 Å². The molecule has 2 unspecified atom stereocenters. The molecule has 0 aromatic heterocycles. The SMILES string of the molecule is NC(=O)C1CCN(C(=O)C2CC2c2cccc3ccccc23)CC1. The minimum absolute atomic E-state index is 0.0675. The van der Waals surface area contributed by atoms with Gasteiger partial charge in [0, 0.05) is 24.9 Å². The van der Waals surface area contributed by atoms with Crippen LogP contribution >= 0.6 is 0 Å². The number of nitrogens with zero attached hydrogens (tertiary/aromatic N) is 1. The summed E-state index contributed by atoms with van der Waals surface area (Å²) in [4.78, 5) is 25.9. The summed E-state index contributed by atoms with van der Waals surface area (Å²) < 4.78 is 0. The first-order chi connectivity index (χ1) is 11.6. The van der Waals surface area contributed by atoms with Crippen LogP contribution in [0.15, 0.2) is 42.5 Å². The van der Waals surface area contributed by atoms with Gasteiger partial charge in [-0.15, -0.1) is 0 Å². The summed E-state index contributed by atoms with van der Waals surface area (Å²) >= 11 is 0. The zero-order valence-electron chi connectivity index (χ0n) is 13.7. The molecule has 1 aliphatic carbocycles. The van der Waals surface area contributed by atoms with E-state index in [0.717, 1.165) is 6.42 Å². The Morgan fingerprint density at radius 3 is 2.46 bits per heavy atom. The van der Waals surface area contributed by atoms with Gasteiger partial charge in [-0.25, -0.2) is 0 Å². The van der Waals surface area contributed by atoms with Crippen LogP contribution in [0.5, 0.6) is 0 Å². The van der Waals surface area contributed by atoms with Gasteiger partial charge in [-0.2, -0.15) is 0 Å². The fourth-order valence-corrected chi connectivity index (χ4v) is 4.00. The fraction of sp³-hybridized carbons (Fsp3) is 0.400. The van der Waals surface area contributed by atoms with Crippen LogP contribution in [0.4, 0.5) is 0 Å². The third-order valence-electron chi connectivity index (χ3n) is 5.54. The first-order valence-corrected chi connectivity index (χ1v) is 8.71. The van der Waals surface area contributed by atoms with Crippen molar-refractivity contribution in [1.82, 2.24) is 4.90 Å². The molecule has 1 heterocycles. The number of likely N-dealkylation sites (tertiary alicyclic amines) is 1. The second-order valence-electron chi connectivity index (χ2n) is 7.02. The molecule has 0 bridgehead atoms. The molecule has 4 heteroatoms. The van der Waals surface area contributed by atoms with Crippen LogP contribution in [-0.4, -0.2) is 29.8 Å². The van der Waals surface area contributed by atoms with Gasteiger partial charge in [-0.1, -0.05) is 42.5 Å². The van der Waals surface area contributed by atoms with Crippen LogP contribution in [0.25, 0.3) is 10.8 Å². The molecule has 1 saturated heterocycles. The Bertz CT molecular complexity index is 788. The van der Waals surface area contributed by atoms with Gasteiger partial charge in [-0.05, 0) is 41.5 Å². The Morgan fingerprint density at radius 1 is 1.00 bits per heavy atom. The second-order valence-corrected chi connectivity index (χ2v) is 7.02. The number of nitrogens with two attached hydrogens (primary N) is 1. The molecule has 0 spiro atoms. The van der Waals surface area contributed by atoms with Crippen molar-refractivity contribution in [2.24, 2.45) is 17.6 Å². The van der Waals surface area contributed by atoms with E-state index >= 15 is 0 Å². The van der Waals surface area contributed by atoms with Crippen molar-refractivity contribution in [2.45, 2.75) is 25.2 Å². The molecular weight excluding hydrogens is 300 g/mol. The van der Waals surface area contributed by atoms with E-state index in [-0.39, 0.29) is 23.7 Å². The number of benzene rings is 2. The summed E-state index contributed by atoms with van der Waals surface area (Å²) in [6.07, 6.45) is 2.34. The van der Waals surface area contributed by atoms with Gasteiger partial charge < -0.3 is 10.6 Å². The Hall–Kier alpha value is -2.36. The van der Waals surface area contributed by atoms with Crippen molar-refractivity contribution in [1.29, 1.82) is 0 Å². The van der Waals surface area contributed by atoms with E-state index in [9.17, 15) is 9.59 Å². The first-order valence-electron chi connectivity index (χ1n) is 8.71. The molecule has 2 aliphatic rings. The largest absolute Gasteiger partial charge is 0.369 e. The number of hydrogen-bond acceptors (Lipinski definition) is 2. The summed E-state index contributed by atoms with van der Waals surface area (Å²) in [5, 5.41) is 2.49. The van der Waals surface area contributed by atoms with Crippen molar-refractivity contribution in [2.75, 3.05) is 13.1 Å². The molecule has 1 aliphatic heterocycles. The molecule has 2 aromatic rings. The molecule has 2 N–H and O–H groups in total. The van der Waals surface area contributed by atoms with Gasteiger partial charge in [0.1, 0.15) is 0 Å². The van der Waals surface area contributed by atoms with Crippen molar-refractivity contribution in [3.05, 3.63) is 48.0 Å². The number of hydrogen-bond donors (Lipinski definition) is 1. The number of carbonyl (C=O) groups excluding carboxylic acids is 2. The highest BCUT2D eigenvalue weighted by Crippen LogP contribution is 2.50. The van der Waals surface area contributed by atoms with E-state index < -0.39 is 0 Å². The van der Waals surface area contributed by atoms with E-state index in [1.165, 1.54) is 16.3 Å². The van der Waals surface area contributed by atoms with Crippen molar-refractivity contribution < 1.29 is 9.59 Å². The zero-order valence-corrected chi connectivity index (χ0v) is 13.7. The van der Waals surface area contributed by atoms with E-state index in [1.54, 1.807) is 0 Å². The second kappa shape index (κ2) is 5.93. The molecule has 124 valence electrons. The zero-order chi connectivity index (χ0) is 16.7. The predicted molar refractivity (Wildman–Crippen MR) is 93.3 cm³/mol. The van der Waals surface area contributed by atoms with E-state index in [0.29, 0.717) is 31.8 Å². The summed E-state index contributed by atoms with van der Waals surface area (Å²) in [6, 6.07) is 14.7. The molecule has 2 atom stereocenters. The molecule has 1 saturated carbocycles. The van der Waals surface area contributed by atoms with Crippen molar-refractivity contribution in [3.8, 4) is 0 Å². The lowest BCUT2D eigenvalue weighted by atomic mass is 9.95. The average Bonchev–Trinajstić information content (AvgIpc) is 3.41. The van der Waals surface area contributed by atoms with Gasteiger partial charge in [0.15, 0.2) is 0 Å². The van der Waals surface area contributed by atoms with Crippen molar-refractivity contribution in [3.63, 3.8) is 0 Å². The van der Waals surface area contributed by atoms with Crippen LogP contribution in [0, 0.1) is 11.8 Å². The van der Waals surface area contributed by atoms with Gasteiger partial charge in [0.2, 0.25) is 11.8 Å². The normalized spacial score (nSPS) is 24.1. The topological polar surface area (TPSA) is 63.4 Å². The van der Waals surface area contributed by atoms with Gasteiger partial charge in [0.05, 0.1) is 0 Å². The smallest absolute Gasteiger partial charge is 0.226 e. The molecule has 2 fully saturated rings. The Balaban J connectivity index is 1.46. The lowest BCUT2D eigenvalue weighted by Gasteiger charge is -2.30. The summed E-state index contributed by atoms with van der Waals surface area (Å²) in [5.74, 6) is 0.374. The van der Waals surface area contributed by atoms with Crippen LogP contribution in [0.2, 0.25) is 0 Å². The molecule has 24 heavy (non-hydrogen) atoms. The van der Waals surface area contributed by atoms with Crippen molar-refractivity contribution >= 4 is 22.6 Å². The molecular formula is C20H22N2O2. The molecule has 2 aromatic carbocycles. The van der Waals surface area contributed by atoms with E-state index in [2.05, 4.69) is 36.4 Å². The number of rotatable bonds is 3. The Labute approximate surface area is 141 Å². The lowest BCUT2D eigenvalue weighted by Crippen LogP contribution is -2.42. The minimum atomic E-state index is -0.234. The van der Waals surface area contributed by atoms with Gasteiger partial charge >= 0.3 is 0 Å². The first kappa shape index (κ1) is 15.2. The van der Waals surface area contributed by atoms with E-state index in [4.69, 9.17) is 5.73 Å². The maximum absolute atomic E-state index is 12.8. The number of fused-ring (bicyclic) bond motifs is 1. The highest BCUT2D eigenvalue weighted by molar-refractivity contribution is 5.89. The lowest BCUT2D eigenvalue weighted by molar-refractivity contribution is -0.136. The monoisotopic (exact) mass is 322 g/mol. The van der Waals surface area contributed by atoms with Gasteiger partial charge in [0.25, 0.3) is 0 Å². The third-order valence-corrected chi connectivity index (χ3v) is 5.54. The maximum Gasteiger partial charge on any atom is 0.226 e.